The Labute approximate surface area is 178 Å². The number of aromatic hydroxyl groups is 1. The molecule has 0 aromatic heterocycles. The maximum absolute atomic E-state index is 12.7. The molecule has 1 aliphatic rings. The van der Waals surface area contributed by atoms with Crippen LogP contribution in [-0.4, -0.2) is 41.0 Å². The van der Waals surface area contributed by atoms with E-state index in [2.05, 4.69) is 15.8 Å². The Kier molecular flexibility index (Phi) is 7.51. The first kappa shape index (κ1) is 21.4. The first-order valence-corrected chi connectivity index (χ1v) is 9.78. The van der Waals surface area contributed by atoms with Crippen LogP contribution in [0.5, 0.6) is 5.75 Å². The lowest BCUT2D eigenvalue weighted by Crippen LogP contribution is -2.49. The van der Waals surface area contributed by atoms with E-state index in [4.69, 9.17) is 21.2 Å². The number of carbonyl (C=O) groups excluding carboxylic acids is 2. The Morgan fingerprint density at radius 1 is 1.17 bits per heavy atom. The molecule has 0 fully saturated rings. The average molecular weight is 432 g/mol. The smallest absolute Gasteiger partial charge is 0.408 e. The molecule has 0 saturated carbocycles. The SMILES string of the molecule is O=C(NC(Cc1ccc(O)cc1)C(=O)NC[C@@H]1CC(Cl)=NO1)OCc1ccccc1. The van der Waals surface area contributed by atoms with E-state index in [1.807, 2.05) is 30.3 Å². The molecule has 0 radical (unpaired) electrons. The Hall–Kier alpha value is -3.26. The lowest BCUT2D eigenvalue weighted by atomic mass is 10.0. The summed E-state index contributed by atoms with van der Waals surface area (Å²) in [5.74, 6) is -0.281. The quantitative estimate of drug-likeness (QED) is 0.595. The fourth-order valence-electron chi connectivity index (χ4n) is 2.83. The van der Waals surface area contributed by atoms with Crippen LogP contribution in [0.1, 0.15) is 17.5 Å². The third-order valence-corrected chi connectivity index (χ3v) is 4.62. The van der Waals surface area contributed by atoms with Crippen molar-refractivity contribution in [1.29, 1.82) is 0 Å². The molecule has 1 aliphatic heterocycles. The highest BCUT2D eigenvalue weighted by Gasteiger charge is 2.25. The number of carbonyl (C=O) groups is 2. The van der Waals surface area contributed by atoms with Crippen molar-refractivity contribution in [2.24, 2.45) is 5.16 Å². The van der Waals surface area contributed by atoms with E-state index in [9.17, 15) is 14.7 Å². The molecule has 9 heteroatoms. The predicted molar refractivity (Wildman–Crippen MR) is 111 cm³/mol. The molecular weight excluding hydrogens is 410 g/mol. The van der Waals surface area contributed by atoms with E-state index < -0.39 is 18.0 Å². The van der Waals surface area contributed by atoms with Crippen molar-refractivity contribution >= 4 is 28.8 Å². The monoisotopic (exact) mass is 431 g/mol. The summed E-state index contributed by atoms with van der Waals surface area (Å²) >= 11 is 5.78. The largest absolute Gasteiger partial charge is 0.508 e. The number of hydrogen-bond acceptors (Lipinski definition) is 6. The van der Waals surface area contributed by atoms with E-state index in [1.165, 1.54) is 12.1 Å². The summed E-state index contributed by atoms with van der Waals surface area (Å²) in [4.78, 5) is 30.1. The van der Waals surface area contributed by atoms with E-state index in [1.54, 1.807) is 12.1 Å². The van der Waals surface area contributed by atoms with Crippen LogP contribution in [0.25, 0.3) is 0 Å². The second-order valence-electron chi connectivity index (χ2n) is 6.77. The van der Waals surface area contributed by atoms with E-state index >= 15 is 0 Å². The molecule has 2 aromatic carbocycles. The molecule has 158 valence electrons. The number of ether oxygens (including phenoxy) is 1. The number of phenolic OH excluding ortho intramolecular Hbond substituents is 1. The van der Waals surface area contributed by atoms with Crippen LogP contribution in [0, 0.1) is 0 Å². The summed E-state index contributed by atoms with van der Waals surface area (Å²) in [5.41, 5.74) is 1.60. The second kappa shape index (κ2) is 10.5. The van der Waals surface area contributed by atoms with Crippen LogP contribution in [0.2, 0.25) is 0 Å². The minimum absolute atomic E-state index is 0.0893. The number of oxime groups is 1. The highest BCUT2D eigenvalue weighted by atomic mass is 35.5. The zero-order valence-electron chi connectivity index (χ0n) is 16.1. The molecule has 0 aliphatic carbocycles. The highest BCUT2D eigenvalue weighted by molar-refractivity contribution is 6.65. The molecule has 1 heterocycles. The van der Waals surface area contributed by atoms with Crippen LogP contribution < -0.4 is 10.6 Å². The van der Waals surface area contributed by atoms with Gasteiger partial charge in [-0.3, -0.25) is 4.79 Å². The van der Waals surface area contributed by atoms with Gasteiger partial charge < -0.3 is 25.3 Å². The van der Waals surface area contributed by atoms with Crippen molar-refractivity contribution in [3.05, 3.63) is 65.7 Å². The number of nitrogens with one attached hydrogen (secondary N) is 2. The fraction of sp³-hybridized carbons (Fsp3) is 0.286. The summed E-state index contributed by atoms with van der Waals surface area (Å²) in [5, 5.41) is 18.8. The third-order valence-electron chi connectivity index (χ3n) is 4.40. The zero-order chi connectivity index (χ0) is 21.3. The Bertz CT molecular complexity index is 889. The molecule has 0 saturated heterocycles. The second-order valence-corrected chi connectivity index (χ2v) is 7.21. The number of nitrogens with zero attached hydrogens (tertiary/aromatic N) is 1. The number of amides is 2. The molecule has 2 aromatic rings. The van der Waals surface area contributed by atoms with E-state index in [-0.39, 0.29) is 31.4 Å². The van der Waals surface area contributed by atoms with Gasteiger partial charge in [0.15, 0.2) is 6.10 Å². The van der Waals surface area contributed by atoms with E-state index in [0.717, 1.165) is 11.1 Å². The first-order valence-electron chi connectivity index (χ1n) is 9.40. The zero-order valence-corrected chi connectivity index (χ0v) is 16.8. The van der Waals surface area contributed by atoms with Crippen molar-refractivity contribution in [3.8, 4) is 5.75 Å². The van der Waals surface area contributed by atoms with Crippen molar-refractivity contribution in [2.45, 2.75) is 31.6 Å². The average Bonchev–Trinajstić information content (AvgIpc) is 3.17. The lowest BCUT2D eigenvalue weighted by molar-refractivity contribution is -0.123. The van der Waals surface area contributed by atoms with Gasteiger partial charge in [-0.1, -0.05) is 59.2 Å². The highest BCUT2D eigenvalue weighted by Crippen LogP contribution is 2.13. The Morgan fingerprint density at radius 3 is 2.57 bits per heavy atom. The lowest BCUT2D eigenvalue weighted by Gasteiger charge is -2.19. The number of alkyl carbamates (subject to hydrolysis) is 1. The van der Waals surface area contributed by atoms with Crippen molar-refractivity contribution < 1.29 is 24.3 Å². The summed E-state index contributed by atoms with van der Waals surface area (Å²) in [6.45, 7) is 0.289. The molecule has 1 unspecified atom stereocenters. The Balaban J connectivity index is 1.58. The van der Waals surface area contributed by atoms with Crippen LogP contribution in [-0.2, 0) is 27.4 Å². The van der Waals surface area contributed by atoms with Crippen LogP contribution >= 0.6 is 11.6 Å². The fourth-order valence-corrected chi connectivity index (χ4v) is 3.04. The summed E-state index contributed by atoms with van der Waals surface area (Å²) < 4.78 is 5.23. The van der Waals surface area contributed by atoms with Crippen LogP contribution in [0.15, 0.2) is 59.8 Å². The number of phenols is 1. The third kappa shape index (κ3) is 6.66. The molecule has 30 heavy (non-hydrogen) atoms. The maximum Gasteiger partial charge on any atom is 0.408 e. The van der Waals surface area contributed by atoms with Gasteiger partial charge in [0.25, 0.3) is 0 Å². The number of hydrogen-bond donors (Lipinski definition) is 3. The van der Waals surface area contributed by atoms with Crippen molar-refractivity contribution in [3.63, 3.8) is 0 Å². The van der Waals surface area contributed by atoms with Crippen molar-refractivity contribution in [2.75, 3.05) is 6.54 Å². The van der Waals surface area contributed by atoms with Gasteiger partial charge in [-0.25, -0.2) is 4.79 Å². The van der Waals surface area contributed by atoms with Crippen LogP contribution in [0.3, 0.4) is 0 Å². The van der Waals surface area contributed by atoms with Gasteiger partial charge >= 0.3 is 6.09 Å². The molecule has 2 amide bonds. The van der Waals surface area contributed by atoms with Gasteiger partial charge in [0.05, 0.1) is 6.54 Å². The minimum atomic E-state index is -0.879. The maximum atomic E-state index is 12.7. The molecule has 0 bridgehead atoms. The predicted octanol–water partition coefficient (Wildman–Crippen LogP) is 2.69. The topological polar surface area (TPSA) is 109 Å². The molecule has 2 atom stereocenters. The van der Waals surface area contributed by atoms with Gasteiger partial charge in [-0.2, -0.15) is 0 Å². The standard InChI is InChI=1S/C21H22ClN3O5/c22-19-11-17(30-25-19)12-23-20(27)18(10-14-6-8-16(26)9-7-14)24-21(28)29-13-15-4-2-1-3-5-15/h1-9,17-18,26H,10-13H2,(H,23,27)(H,24,28)/t17-,18?/m0/s1. The van der Waals surface area contributed by atoms with Crippen molar-refractivity contribution in [1.82, 2.24) is 10.6 Å². The number of halogens is 1. The summed E-state index contributed by atoms with van der Waals surface area (Å²) in [6, 6.07) is 14.8. The molecular formula is C21H22ClN3O5. The number of rotatable bonds is 8. The van der Waals surface area contributed by atoms with Gasteiger partial charge in [0.2, 0.25) is 5.91 Å². The van der Waals surface area contributed by atoms with Gasteiger partial charge in [0.1, 0.15) is 23.6 Å². The molecule has 3 rings (SSSR count). The summed E-state index contributed by atoms with van der Waals surface area (Å²) in [6.07, 6.45) is -0.422. The van der Waals surface area contributed by atoms with Gasteiger partial charge in [-0.05, 0) is 23.3 Å². The van der Waals surface area contributed by atoms with E-state index in [0.29, 0.717) is 11.6 Å². The first-order chi connectivity index (χ1) is 14.5. The van der Waals surface area contributed by atoms with Gasteiger partial charge in [-0.15, -0.1) is 0 Å². The normalized spacial score (nSPS) is 16.2. The summed E-state index contributed by atoms with van der Waals surface area (Å²) in [7, 11) is 0. The van der Waals surface area contributed by atoms with Gasteiger partial charge in [0, 0.05) is 12.8 Å². The number of benzene rings is 2. The Morgan fingerprint density at radius 2 is 1.90 bits per heavy atom. The molecule has 3 N–H and O–H groups in total. The van der Waals surface area contributed by atoms with Crippen LogP contribution in [0.4, 0.5) is 4.79 Å². The minimum Gasteiger partial charge on any atom is -0.508 e. The molecule has 8 nitrogen and oxygen atoms in total. The molecule has 0 spiro atoms.